The Morgan fingerprint density at radius 1 is 1.46 bits per heavy atom. The summed E-state index contributed by atoms with van der Waals surface area (Å²) >= 11 is 0. The van der Waals surface area contributed by atoms with Gasteiger partial charge in [0, 0.05) is 24.8 Å². The van der Waals surface area contributed by atoms with Crippen LogP contribution in [0.15, 0.2) is 18.3 Å². The van der Waals surface area contributed by atoms with E-state index in [2.05, 4.69) is 10.3 Å². The molecule has 154 valence electrons. The lowest BCUT2D eigenvalue weighted by Crippen LogP contribution is -2.58. The molecule has 1 aliphatic carbocycles. The number of pyridine rings is 1. The lowest BCUT2D eigenvalue weighted by atomic mass is 9.85. The molecular formula is C19H27FN4O4. The molecule has 1 aromatic heterocycles. The standard InChI is InChI=1S/C19H27FN4O4/c1-2-23(12-17(25)26)14-9-13(10-14)22-19(27)24-8-4-5-15(11-24)28-18-16(20)6-3-7-21-18/h3,6-7,13-15H,2,4-5,8-12H2,1H3,(H,22,27)(H,25,26). The zero-order valence-corrected chi connectivity index (χ0v) is 16.0. The molecule has 0 bridgehead atoms. The zero-order valence-electron chi connectivity index (χ0n) is 16.0. The molecule has 2 N–H and O–H groups in total. The quantitative estimate of drug-likeness (QED) is 0.731. The van der Waals surface area contributed by atoms with E-state index in [1.807, 2.05) is 11.8 Å². The third-order valence-corrected chi connectivity index (χ3v) is 5.37. The number of piperidine rings is 1. The summed E-state index contributed by atoms with van der Waals surface area (Å²) in [4.78, 5) is 31.0. The minimum Gasteiger partial charge on any atom is -0.480 e. The number of urea groups is 1. The van der Waals surface area contributed by atoms with Gasteiger partial charge in [0.2, 0.25) is 0 Å². The molecule has 1 saturated heterocycles. The first-order chi connectivity index (χ1) is 13.5. The van der Waals surface area contributed by atoms with Crippen molar-refractivity contribution in [3.05, 3.63) is 24.1 Å². The van der Waals surface area contributed by atoms with Crippen LogP contribution in [0.5, 0.6) is 5.88 Å². The van der Waals surface area contributed by atoms with Crippen molar-refractivity contribution in [1.29, 1.82) is 0 Å². The highest BCUT2D eigenvalue weighted by Crippen LogP contribution is 2.26. The average Bonchev–Trinajstić information content (AvgIpc) is 2.64. The van der Waals surface area contributed by atoms with E-state index in [1.54, 1.807) is 4.90 Å². The van der Waals surface area contributed by atoms with Gasteiger partial charge in [-0.25, -0.2) is 14.2 Å². The number of likely N-dealkylation sites (tertiary alicyclic amines) is 1. The molecule has 2 aliphatic rings. The van der Waals surface area contributed by atoms with Gasteiger partial charge in [0.15, 0.2) is 5.82 Å². The molecule has 1 atom stereocenters. The van der Waals surface area contributed by atoms with Crippen LogP contribution in [-0.4, -0.2) is 76.3 Å². The fraction of sp³-hybridized carbons (Fsp3) is 0.632. The number of likely N-dealkylation sites (N-methyl/N-ethyl adjacent to an activating group) is 1. The van der Waals surface area contributed by atoms with E-state index in [9.17, 15) is 14.0 Å². The van der Waals surface area contributed by atoms with Gasteiger partial charge < -0.3 is 20.1 Å². The third kappa shape index (κ3) is 5.09. The Morgan fingerprint density at radius 3 is 2.93 bits per heavy atom. The smallest absolute Gasteiger partial charge is 0.317 e. The number of halogens is 1. The maximum Gasteiger partial charge on any atom is 0.317 e. The minimum atomic E-state index is -0.835. The lowest BCUT2D eigenvalue weighted by Gasteiger charge is -2.43. The van der Waals surface area contributed by atoms with Gasteiger partial charge in [0.25, 0.3) is 5.88 Å². The molecule has 3 rings (SSSR count). The lowest BCUT2D eigenvalue weighted by molar-refractivity contribution is -0.139. The van der Waals surface area contributed by atoms with Gasteiger partial charge in [-0.1, -0.05) is 6.92 Å². The molecule has 1 unspecified atom stereocenters. The largest absolute Gasteiger partial charge is 0.480 e. The van der Waals surface area contributed by atoms with Gasteiger partial charge in [-0.2, -0.15) is 0 Å². The van der Waals surface area contributed by atoms with Crippen molar-refractivity contribution >= 4 is 12.0 Å². The highest BCUT2D eigenvalue weighted by Gasteiger charge is 2.36. The van der Waals surface area contributed by atoms with Crippen LogP contribution < -0.4 is 10.1 Å². The van der Waals surface area contributed by atoms with Gasteiger partial charge in [-0.15, -0.1) is 0 Å². The van der Waals surface area contributed by atoms with Crippen molar-refractivity contribution in [2.24, 2.45) is 0 Å². The number of nitrogens with zero attached hydrogens (tertiary/aromatic N) is 3. The number of amides is 2. The van der Waals surface area contributed by atoms with Crippen LogP contribution in [0.4, 0.5) is 9.18 Å². The summed E-state index contributed by atoms with van der Waals surface area (Å²) in [6.07, 6.45) is 4.21. The summed E-state index contributed by atoms with van der Waals surface area (Å²) in [6.45, 7) is 3.65. The number of rotatable bonds is 7. The first-order valence-electron chi connectivity index (χ1n) is 9.74. The summed E-state index contributed by atoms with van der Waals surface area (Å²) in [6, 6.07) is 2.89. The molecule has 0 radical (unpaired) electrons. The highest BCUT2D eigenvalue weighted by atomic mass is 19.1. The monoisotopic (exact) mass is 394 g/mol. The molecule has 0 spiro atoms. The van der Waals surface area contributed by atoms with Crippen LogP contribution in [0.1, 0.15) is 32.6 Å². The predicted octanol–water partition coefficient (Wildman–Crippen LogP) is 1.71. The van der Waals surface area contributed by atoms with E-state index >= 15 is 0 Å². The van der Waals surface area contributed by atoms with Crippen molar-refractivity contribution in [3.8, 4) is 5.88 Å². The predicted molar refractivity (Wildman–Crippen MR) is 99.6 cm³/mol. The molecule has 2 fully saturated rings. The molecule has 0 aromatic carbocycles. The summed E-state index contributed by atoms with van der Waals surface area (Å²) in [5, 5.41) is 12.0. The second-order valence-electron chi connectivity index (χ2n) is 7.35. The van der Waals surface area contributed by atoms with Crippen LogP contribution in [-0.2, 0) is 4.79 Å². The van der Waals surface area contributed by atoms with Gasteiger partial charge in [0.1, 0.15) is 6.10 Å². The Labute approximate surface area is 163 Å². The van der Waals surface area contributed by atoms with E-state index in [4.69, 9.17) is 9.84 Å². The van der Waals surface area contributed by atoms with Gasteiger partial charge in [-0.05, 0) is 44.4 Å². The Balaban J connectivity index is 1.45. The number of aliphatic carboxylic acids is 1. The number of aromatic nitrogens is 1. The molecular weight excluding hydrogens is 367 g/mol. The van der Waals surface area contributed by atoms with Gasteiger partial charge in [0.05, 0.1) is 13.1 Å². The van der Waals surface area contributed by atoms with Crippen molar-refractivity contribution < 1.29 is 23.8 Å². The number of hydrogen-bond donors (Lipinski definition) is 2. The average molecular weight is 394 g/mol. The van der Waals surface area contributed by atoms with Gasteiger partial charge >= 0.3 is 12.0 Å². The first-order valence-corrected chi connectivity index (χ1v) is 9.74. The van der Waals surface area contributed by atoms with Crippen molar-refractivity contribution in [3.63, 3.8) is 0 Å². The van der Waals surface area contributed by atoms with Crippen molar-refractivity contribution in [1.82, 2.24) is 20.1 Å². The Bertz CT molecular complexity index is 698. The maximum absolute atomic E-state index is 13.7. The normalized spacial score (nSPS) is 24.5. The second kappa shape index (κ2) is 9.18. The van der Waals surface area contributed by atoms with Crippen LogP contribution in [0.25, 0.3) is 0 Å². The van der Waals surface area contributed by atoms with Crippen LogP contribution in [0.2, 0.25) is 0 Å². The number of carbonyl (C=O) groups is 2. The fourth-order valence-electron chi connectivity index (χ4n) is 3.78. The number of carboxylic acids is 1. The second-order valence-corrected chi connectivity index (χ2v) is 7.35. The Morgan fingerprint density at radius 2 is 2.25 bits per heavy atom. The highest BCUT2D eigenvalue weighted by molar-refractivity contribution is 5.75. The van der Waals surface area contributed by atoms with Crippen LogP contribution in [0, 0.1) is 5.82 Å². The number of ether oxygens (including phenoxy) is 1. The third-order valence-electron chi connectivity index (χ3n) is 5.37. The molecule has 9 heteroatoms. The zero-order chi connectivity index (χ0) is 20.1. The maximum atomic E-state index is 13.7. The number of carboxylic acid groups (broad SMARTS) is 1. The molecule has 1 aromatic rings. The number of carbonyl (C=O) groups excluding carboxylic acids is 1. The van der Waals surface area contributed by atoms with Crippen LogP contribution in [0.3, 0.4) is 0 Å². The van der Waals surface area contributed by atoms with Crippen molar-refractivity contribution in [2.75, 3.05) is 26.2 Å². The van der Waals surface area contributed by atoms with Crippen molar-refractivity contribution in [2.45, 2.75) is 50.8 Å². The summed E-state index contributed by atoms with van der Waals surface area (Å²) in [5.41, 5.74) is 0. The van der Waals surface area contributed by atoms with Crippen LogP contribution >= 0.6 is 0 Å². The molecule has 28 heavy (non-hydrogen) atoms. The minimum absolute atomic E-state index is 0.0249. The molecule has 1 aliphatic heterocycles. The number of hydrogen-bond acceptors (Lipinski definition) is 5. The summed E-state index contributed by atoms with van der Waals surface area (Å²) in [7, 11) is 0. The summed E-state index contributed by atoms with van der Waals surface area (Å²) in [5.74, 6) is -1.38. The molecule has 2 heterocycles. The van der Waals surface area contributed by atoms with E-state index in [0.29, 0.717) is 19.6 Å². The first kappa shape index (κ1) is 20.3. The van der Waals surface area contributed by atoms with E-state index in [1.165, 1.54) is 18.3 Å². The fourth-order valence-corrected chi connectivity index (χ4v) is 3.78. The molecule has 2 amide bonds. The molecule has 8 nitrogen and oxygen atoms in total. The number of nitrogens with one attached hydrogen (secondary N) is 1. The topological polar surface area (TPSA) is 95.0 Å². The van der Waals surface area contributed by atoms with E-state index < -0.39 is 11.8 Å². The Hall–Kier alpha value is -2.42. The van der Waals surface area contributed by atoms with Gasteiger partial charge in [-0.3, -0.25) is 9.69 Å². The molecule has 1 saturated carbocycles. The van der Waals surface area contributed by atoms with E-state index in [-0.39, 0.29) is 36.6 Å². The summed E-state index contributed by atoms with van der Waals surface area (Å²) < 4.78 is 19.4. The Kier molecular flexibility index (Phi) is 6.66. The SMILES string of the molecule is CCN(CC(=O)O)C1CC(NC(=O)N2CCCC(Oc3ncccc3F)C2)C1. The van der Waals surface area contributed by atoms with E-state index in [0.717, 1.165) is 25.7 Å².